The van der Waals surface area contributed by atoms with E-state index in [2.05, 4.69) is 0 Å². The zero-order valence-electron chi connectivity index (χ0n) is 14.6. The van der Waals surface area contributed by atoms with Crippen molar-refractivity contribution in [3.05, 3.63) is 41.7 Å². The lowest BCUT2D eigenvalue weighted by molar-refractivity contribution is 0.00578. The summed E-state index contributed by atoms with van der Waals surface area (Å²) in [5, 5.41) is 1.85. The molecule has 0 spiro atoms. The molecule has 0 unspecified atom stereocenters. The molecule has 1 fully saturated rings. The Morgan fingerprint density at radius 3 is 2.25 bits per heavy atom. The zero-order chi connectivity index (χ0) is 17.3. The molecule has 2 heterocycles. The molecule has 4 rings (SSSR count). The van der Waals surface area contributed by atoms with Crippen LogP contribution < -0.4 is 5.46 Å². The SMILES string of the molecule is Cc1cc(B2OC(C)(C)C(C)(C)O2)c2oc3cc(F)ccc3c2c1. The molecule has 1 aliphatic rings. The van der Waals surface area contributed by atoms with Crippen molar-refractivity contribution >= 4 is 34.5 Å². The Morgan fingerprint density at radius 2 is 1.58 bits per heavy atom. The summed E-state index contributed by atoms with van der Waals surface area (Å²) < 4.78 is 31.9. The van der Waals surface area contributed by atoms with Crippen molar-refractivity contribution < 1.29 is 18.1 Å². The molecule has 0 N–H and O–H groups in total. The van der Waals surface area contributed by atoms with Crippen molar-refractivity contribution in [1.29, 1.82) is 0 Å². The van der Waals surface area contributed by atoms with Crippen LogP contribution in [0.25, 0.3) is 21.9 Å². The minimum atomic E-state index is -0.511. The van der Waals surface area contributed by atoms with Crippen LogP contribution in [-0.4, -0.2) is 18.3 Å². The molecule has 3 nitrogen and oxygen atoms in total. The van der Waals surface area contributed by atoms with Gasteiger partial charge in [-0.1, -0.05) is 11.6 Å². The maximum absolute atomic E-state index is 13.5. The fraction of sp³-hybridized carbons (Fsp3) is 0.368. The van der Waals surface area contributed by atoms with E-state index in [9.17, 15) is 4.39 Å². The topological polar surface area (TPSA) is 31.6 Å². The summed E-state index contributed by atoms with van der Waals surface area (Å²) in [4.78, 5) is 0. The smallest absolute Gasteiger partial charge is 0.456 e. The molecule has 2 aromatic carbocycles. The molecular formula is C19H20BFO3. The van der Waals surface area contributed by atoms with Gasteiger partial charge in [0.15, 0.2) is 0 Å². The maximum Gasteiger partial charge on any atom is 0.498 e. The fourth-order valence-corrected chi connectivity index (χ4v) is 3.17. The van der Waals surface area contributed by atoms with E-state index in [4.69, 9.17) is 13.7 Å². The van der Waals surface area contributed by atoms with Gasteiger partial charge in [0.05, 0.1) is 11.2 Å². The Bertz CT molecular complexity index is 942. The van der Waals surface area contributed by atoms with E-state index in [-0.39, 0.29) is 5.82 Å². The summed E-state index contributed by atoms with van der Waals surface area (Å²) in [5.74, 6) is -0.310. The normalized spacial score (nSPS) is 19.5. The Labute approximate surface area is 140 Å². The lowest BCUT2D eigenvalue weighted by Crippen LogP contribution is -2.41. The highest BCUT2D eigenvalue weighted by molar-refractivity contribution is 6.65. The van der Waals surface area contributed by atoms with Crippen molar-refractivity contribution in [3.63, 3.8) is 0 Å². The minimum Gasteiger partial charge on any atom is -0.456 e. The van der Waals surface area contributed by atoms with E-state index in [1.807, 2.05) is 46.8 Å². The van der Waals surface area contributed by atoms with Crippen molar-refractivity contribution in [2.24, 2.45) is 0 Å². The summed E-state index contributed by atoms with van der Waals surface area (Å²) in [6.07, 6.45) is 0. The zero-order valence-corrected chi connectivity index (χ0v) is 14.6. The molecule has 1 aromatic heterocycles. The molecule has 0 atom stereocenters. The Kier molecular flexibility index (Phi) is 3.16. The summed E-state index contributed by atoms with van der Waals surface area (Å²) in [6, 6.07) is 8.69. The van der Waals surface area contributed by atoms with Crippen LogP contribution in [0.3, 0.4) is 0 Å². The van der Waals surface area contributed by atoms with E-state index in [0.717, 1.165) is 21.8 Å². The minimum absolute atomic E-state index is 0.310. The quantitative estimate of drug-likeness (QED) is 0.624. The van der Waals surface area contributed by atoms with Crippen LogP contribution in [0.2, 0.25) is 0 Å². The number of furan rings is 1. The maximum atomic E-state index is 13.5. The number of halogens is 1. The molecule has 0 aliphatic carbocycles. The Hall–Kier alpha value is -1.85. The van der Waals surface area contributed by atoms with Gasteiger partial charge in [0, 0.05) is 22.3 Å². The van der Waals surface area contributed by atoms with Gasteiger partial charge in [-0.3, -0.25) is 0 Å². The molecule has 5 heteroatoms. The van der Waals surface area contributed by atoms with Gasteiger partial charge in [0.1, 0.15) is 17.0 Å². The number of hydrogen-bond acceptors (Lipinski definition) is 3. The van der Waals surface area contributed by atoms with E-state index < -0.39 is 18.3 Å². The van der Waals surface area contributed by atoms with Gasteiger partial charge in [-0.15, -0.1) is 0 Å². The predicted octanol–water partition coefficient (Wildman–Crippen LogP) is 4.33. The van der Waals surface area contributed by atoms with Crippen LogP contribution in [0, 0.1) is 12.7 Å². The highest BCUT2D eigenvalue weighted by atomic mass is 19.1. The number of rotatable bonds is 1. The van der Waals surface area contributed by atoms with Crippen LogP contribution >= 0.6 is 0 Å². The second kappa shape index (κ2) is 4.84. The van der Waals surface area contributed by atoms with Crippen molar-refractivity contribution in [1.82, 2.24) is 0 Å². The van der Waals surface area contributed by atoms with Gasteiger partial charge in [0.2, 0.25) is 0 Å². The van der Waals surface area contributed by atoms with Gasteiger partial charge in [0.25, 0.3) is 0 Å². The lowest BCUT2D eigenvalue weighted by Gasteiger charge is -2.32. The molecule has 0 amide bonds. The average Bonchev–Trinajstić information content (AvgIpc) is 2.92. The summed E-state index contributed by atoms with van der Waals surface area (Å²) in [7, 11) is -0.511. The molecule has 24 heavy (non-hydrogen) atoms. The standard InChI is InChI=1S/C19H20BFO3/c1-11-8-14-13-7-6-12(21)10-16(13)22-17(14)15(9-11)20-23-18(2,3)19(4,5)24-20/h6-10H,1-5H3. The molecule has 0 saturated carbocycles. The van der Waals surface area contributed by atoms with E-state index in [0.29, 0.717) is 11.2 Å². The first-order chi connectivity index (χ1) is 11.2. The van der Waals surface area contributed by atoms with Crippen LogP contribution in [0.15, 0.2) is 34.7 Å². The number of fused-ring (bicyclic) bond motifs is 3. The van der Waals surface area contributed by atoms with E-state index >= 15 is 0 Å². The molecule has 0 radical (unpaired) electrons. The van der Waals surface area contributed by atoms with Gasteiger partial charge in [-0.25, -0.2) is 4.39 Å². The van der Waals surface area contributed by atoms with Crippen LogP contribution in [0.5, 0.6) is 0 Å². The van der Waals surface area contributed by atoms with Crippen molar-refractivity contribution in [3.8, 4) is 0 Å². The van der Waals surface area contributed by atoms with Crippen molar-refractivity contribution in [2.75, 3.05) is 0 Å². The summed E-state index contributed by atoms with van der Waals surface area (Å²) in [5.41, 5.74) is 2.31. The number of hydrogen-bond donors (Lipinski definition) is 0. The van der Waals surface area contributed by atoms with Gasteiger partial charge in [-0.05, 0) is 52.8 Å². The Balaban J connectivity index is 1.95. The monoisotopic (exact) mass is 326 g/mol. The Morgan fingerprint density at radius 1 is 0.917 bits per heavy atom. The predicted molar refractivity (Wildman–Crippen MR) is 94.1 cm³/mol. The summed E-state index contributed by atoms with van der Waals surface area (Å²) >= 11 is 0. The number of aryl methyl sites for hydroxylation is 1. The van der Waals surface area contributed by atoms with Gasteiger partial charge >= 0.3 is 7.12 Å². The lowest BCUT2D eigenvalue weighted by atomic mass is 9.77. The highest BCUT2D eigenvalue weighted by Gasteiger charge is 2.52. The molecule has 124 valence electrons. The second-order valence-corrected chi connectivity index (χ2v) is 7.56. The highest BCUT2D eigenvalue weighted by Crippen LogP contribution is 2.38. The molecular weight excluding hydrogens is 306 g/mol. The third kappa shape index (κ3) is 2.19. The molecule has 1 saturated heterocycles. The first kappa shape index (κ1) is 15.7. The van der Waals surface area contributed by atoms with E-state index in [1.54, 1.807) is 6.07 Å². The van der Waals surface area contributed by atoms with Crippen LogP contribution in [0.1, 0.15) is 33.3 Å². The first-order valence-corrected chi connectivity index (χ1v) is 8.16. The molecule has 1 aliphatic heterocycles. The van der Waals surface area contributed by atoms with Crippen LogP contribution in [-0.2, 0) is 9.31 Å². The average molecular weight is 326 g/mol. The fourth-order valence-electron chi connectivity index (χ4n) is 3.17. The van der Waals surface area contributed by atoms with Crippen LogP contribution in [0.4, 0.5) is 4.39 Å². The molecule has 3 aromatic rings. The third-order valence-corrected chi connectivity index (χ3v) is 5.22. The van der Waals surface area contributed by atoms with E-state index in [1.165, 1.54) is 12.1 Å². The van der Waals surface area contributed by atoms with Crippen molar-refractivity contribution in [2.45, 2.75) is 45.8 Å². The third-order valence-electron chi connectivity index (χ3n) is 5.22. The molecule has 0 bridgehead atoms. The first-order valence-electron chi connectivity index (χ1n) is 8.16. The van der Waals surface area contributed by atoms with Gasteiger partial charge < -0.3 is 13.7 Å². The number of benzene rings is 2. The second-order valence-electron chi connectivity index (χ2n) is 7.56. The van der Waals surface area contributed by atoms with Gasteiger partial charge in [-0.2, -0.15) is 0 Å². The summed E-state index contributed by atoms with van der Waals surface area (Å²) in [6.45, 7) is 10.1. The largest absolute Gasteiger partial charge is 0.498 e.